The van der Waals surface area contributed by atoms with E-state index in [2.05, 4.69) is 51.1 Å². The van der Waals surface area contributed by atoms with Crippen LogP contribution >= 0.6 is 24.0 Å². The fourth-order valence-electron chi connectivity index (χ4n) is 3.40. The van der Waals surface area contributed by atoms with Gasteiger partial charge in [0.05, 0.1) is 13.2 Å². The van der Waals surface area contributed by atoms with Crippen molar-refractivity contribution in [1.82, 2.24) is 30.3 Å². The van der Waals surface area contributed by atoms with Gasteiger partial charge < -0.3 is 19.9 Å². The van der Waals surface area contributed by atoms with Crippen molar-refractivity contribution in [2.45, 2.75) is 52.2 Å². The first-order chi connectivity index (χ1) is 12.1. The summed E-state index contributed by atoms with van der Waals surface area (Å²) in [7, 11) is 0. The first-order valence-corrected chi connectivity index (χ1v) is 9.36. The van der Waals surface area contributed by atoms with Gasteiger partial charge in [0.1, 0.15) is 12.4 Å². The number of nitrogens with one attached hydrogen (secondary N) is 2. The van der Waals surface area contributed by atoms with Crippen molar-refractivity contribution >= 4 is 29.9 Å². The number of hydrogen-bond acceptors (Lipinski definition) is 5. The molecule has 148 valence electrons. The fourth-order valence-corrected chi connectivity index (χ4v) is 3.40. The van der Waals surface area contributed by atoms with Crippen molar-refractivity contribution in [2.24, 2.45) is 4.99 Å². The fraction of sp³-hybridized carbons (Fsp3) is 0.824. The number of aromatic nitrogens is 3. The topological polar surface area (TPSA) is 79.6 Å². The number of fused-ring (bicyclic) bond motifs is 1. The molecule has 0 aromatic carbocycles. The molecular weight excluding hydrogens is 445 g/mol. The van der Waals surface area contributed by atoms with Gasteiger partial charge in [0.25, 0.3) is 0 Å². The van der Waals surface area contributed by atoms with E-state index in [9.17, 15) is 0 Å². The van der Waals surface area contributed by atoms with Gasteiger partial charge in [-0.05, 0) is 27.2 Å². The normalized spacial score (nSPS) is 18.3. The van der Waals surface area contributed by atoms with Gasteiger partial charge in [-0.1, -0.05) is 0 Å². The molecule has 0 aliphatic carbocycles. The number of hydrogen-bond donors (Lipinski definition) is 2. The maximum absolute atomic E-state index is 5.46. The molecule has 0 saturated carbocycles. The molecule has 9 heteroatoms. The molecule has 1 aromatic heterocycles. The van der Waals surface area contributed by atoms with Crippen molar-refractivity contribution in [3.63, 3.8) is 0 Å². The summed E-state index contributed by atoms with van der Waals surface area (Å²) in [5.74, 6) is 2.88. The second kappa shape index (κ2) is 9.84. The van der Waals surface area contributed by atoms with Crippen LogP contribution in [0, 0.1) is 0 Å². The molecule has 0 spiro atoms. The molecule has 26 heavy (non-hydrogen) atoms. The maximum atomic E-state index is 5.46. The Morgan fingerprint density at radius 1 is 1.19 bits per heavy atom. The summed E-state index contributed by atoms with van der Waals surface area (Å²) >= 11 is 0. The number of rotatable bonds is 6. The second-order valence-corrected chi connectivity index (χ2v) is 7.25. The van der Waals surface area contributed by atoms with Crippen LogP contribution in [0.1, 0.15) is 38.8 Å². The zero-order valence-corrected chi connectivity index (χ0v) is 18.5. The van der Waals surface area contributed by atoms with Gasteiger partial charge >= 0.3 is 0 Å². The number of nitrogens with zero attached hydrogens (tertiary/aromatic N) is 5. The van der Waals surface area contributed by atoms with Crippen molar-refractivity contribution in [1.29, 1.82) is 0 Å². The van der Waals surface area contributed by atoms with E-state index in [0.717, 1.165) is 76.4 Å². The van der Waals surface area contributed by atoms with Gasteiger partial charge in [0.2, 0.25) is 0 Å². The molecule has 3 heterocycles. The standard InChI is InChI=1S/C17H31N7O.HI/c1-4-18-16(19-12-15-22-21-14-6-5-7-24(14)15)20-13-17(2,3)23-8-10-25-11-9-23;/h4-13H2,1-3H3,(H2,18,19,20);1H. The quantitative estimate of drug-likeness (QED) is 0.362. The molecule has 0 radical (unpaired) electrons. The van der Waals surface area contributed by atoms with E-state index in [1.54, 1.807) is 0 Å². The lowest BCUT2D eigenvalue weighted by atomic mass is 10.0. The zero-order valence-electron chi connectivity index (χ0n) is 16.1. The van der Waals surface area contributed by atoms with Gasteiger partial charge in [-0.25, -0.2) is 4.99 Å². The first kappa shape index (κ1) is 21.4. The summed E-state index contributed by atoms with van der Waals surface area (Å²) in [6, 6.07) is 0. The Bertz CT molecular complexity index is 596. The highest BCUT2D eigenvalue weighted by atomic mass is 127. The van der Waals surface area contributed by atoms with E-state index >= 15 is 0 Å². The summed E-state index contributed by atoms with van der Waals surface area (Å²) in [6.45, 7) is 13.4. The van der Waals surface area contributed by atoms with Crippen molar-refractivity contribution in [3.05, 3.63) is 11.6 Å². The van der Waals surface area contributed by atoms with Gasteiger partial charge in [-0.3, -0.25) is 4.90 Å². The summed E-state index contributed by atoms with van der Waals surface area (Å²) in [4.78, 5) is 7.18. The Balaban J connectivity index is 0.00000243. The predicted molar refractivity (Wildman–Crippen MR) is 113 cm³/mol. The highest BCUT2D eigenvalue weighted by Crippen LogP contribution is 2.16. The molecule has 0 atom stereocenters. The molecule has 1 saturated heterocycles. The van der Waals surface area contributed by atoms with E-state index in [-0.39, 0.29) is 29.5 Å². The number of halogens is 1. The van der Waals surface area contributed by atoms with Crippen LogP contribution in [0.15, 0.2) is 4.99 Å². The van der Waals surface area contributed by atoms with E-state index in [1.165, 1.54) is 0 Å². The van der Waals surface area contributed by atoms with Crippen LogP contribution in [-0.4, -0.2) is 70.6 Å². The Kier molecular flexibility index (Phi) is 8.08. The van der Waals surface area contributed by atoms with E-state index < -0.39 is 0 Å². The minimum atomic E-state index is 0. The van der Waals surface area contributed by atoms with E-state index in [4.69, 9.17) is 9.73 Å². The zero-order chi connectivity index (χ0) is 17.7. The van der Waals surface area contributed by atoms with Crippen LogP contribution in [0.3, 0.4) is 0 Å². The SMILES string of the molecule is CCNC(=NCc1nnc2n1CCC2)NCC(C)(C)N1CCOCC1.I. The highest BCUT2D eigenvalue weighted by Gasteiger charge is 2.28. The van der Waals surface area contributed by atoms with E-state index in [1.807, 2.05) is 0 Å². The predicted octanol–water partition coefficient (Wildman–Crippen LogP) is 1.01. The third-order valence-electron chi connectivity index (χ3n) is 4.96. The van der Waals surface area contributed by atoms with Gasteiger partial charge in [0.15, 0.2) is 11.8 Å². The molecule has 8 nitrogen and oxygen atoms in total. The number of aryl methyl sites for hydroxylation is 1. The molecule has 0 amide bonds. The monoisotopic (exact) mass is 477 g/mol. The van der Waals surface area contributed by atoms with Crippen molar-refractivity contribution in [3.8, 4) is 0 Å². The smallest absolute Gasteiger partial charge is 0.191 e. The molecule has 2 N–H and O–H groups in total. The third kappa shape index (κ3) is 5.29. The largest absolute Gasteiger partial charge is 0.379 e. The summed E-state index contributed by atoms with van der Waals surface area (Å²) in [5, 5.41) is 15.3. The first-order valence-electron chi connectivity index (χ1n) is 9.36. The van der Waals surface area contributed by atoms with Crippen LogP contribution in [0.4, 0.5) is 0 Å². The number of guanidine groups is 1. The van der Waals surface area contributed by atoms with Crippen LogP contribution in [0.2, 0.25) is 0 Å². The Morgan fingerprint density at radius 2 is 1.96 bits per heavy atom. The average molecular weight is 477 g/mol. The minimum Gasteiger partial charge on any atom is -0.379 e. The lowest BCUT2D eigenvalue weighted by molar-refractivity contribution is -0.00834. The van der Waals surface area contributed by atoms with Crippen LogP contribution < -0.4 is 10.6 Å². The summed E-state index contributed by atoms with van der Waals surface area (Å²) in [6.07, 6.45) is 2.19. The maximum Gasteiger partial charge on any atom is 0.191 e. The van der Waals surface area contributed by atoms with Gasteiger partial charge in [-0.15, -0.1) is 34.2 Å². The third-order valence-corrected chi connectivity index (χ3v) is 4.96. The number of aliphatic imine (C=N–C) groups is 1. The Hall–Kier alpha value is -0.940. The number of ether oxygens (including phenoxy) is 1. The molecule has 0 bridgehead atoms. The van der Waals surface area contributed by atoms with Gasteiger partial charge in [0, 0.05) is 44.7 Å². The van der Waals surface area contributed by atoms with Crippen LogP contribution in [0.5, 0.6) is 0 Å². The molecule has 1 aromatic rings. The molecule has 2 aliphatic heterocycles. The molecule has 3 rings (SSSR count). The van der Waals surface area contributed by atoms with Crippen LogP contribution in [-0.2, 0) is 24.2 Å². The minimum absolute atomic E-state index is 0. The molecule has 2 aliphatic rings. The number of morpholine rings is 1. The highest BCUT2D eigenvalue weighted by molar-refractivity contribution is 14.0. The van der Waals surface area contributed by atoms with Crippen molar-refractivity contribution in [2.75, 3.05) is 39.4 Å². The summed E-state index contributed by atoms with van der Waals surface area (Å²) < 4.78 is 7.66. The molecule has 0 unspecified atom stereocenters. The van der Waals surface area contributed by atoms with Crippen molar-refractivity contribution < 1.29 is 4.74 Å². The second-order valence-electron chi connectivity index (χ2n) is 7.25. The lowest BCUT2D eigenvalue weighted by Crippen LogP contribution is -2.56. The lowest BCUT2D eigenvalue weighted by Gasteiger charge is -2.41. The molecule has 1 fully saturated rings. The summed E-state index contributed by atoms with van der Waals surface area (Å²) in [5.41, 5.74) is 0.0517. The average Bonchev–Trinajstić information content (AvgIpc) is 3.22. The van der Waals surface area contributed by atoms with E-state index in [0.29, 0.717) is 6.54 Å². The molecular formula is C17H32IN7O. The Morgan fingerprint density at radius 3 is 2.69 bits per heavy atom. The van der Waals surface area contributed by atoms with Gasteiger partial charge in [-0.2, -0.15) is 0 Å². The Labute approximate surface area is 173 Å². The van der Waals surface area contributed by atoms with Crippen LogP contribution in [0.25, 0.3) is 0 Å².